The molecule has 9 heteroatoms. The van der Waals surface area contributed by atoms with Crippen LogP contribution in [-0.2, 0) is 14.3 Å². The third-order valence-corrected chi connectivity index (χ3v) is 3.33. The summed E-state index contributed by atoms with van der Waals surface area (Å²) in [6.45, 7) is 0.209. The van der Waals surface area contributed by atoms with Crippen LogP contribution in [0.1, 0.15) is 12.8 Å². The van der Waals surface area contributed by atoms with E-state index < -0.39 is 30.2 Å². The number of nitrogens with two attached hydrogens (primary N) is 1. The highest BCUT2D eigenvalue weighted by Crippen LogP contribution is 2.27. The molecule has 0 saturated carbocycles. The molecule has 0 aromatic carbocycles. The van der Waals surface area contributed by atoms with Crippen molar-refractivity contribution in [1.82, 2.24) is 4.98 Å². The standard InChI is InChI=1S/C13H14F3N3O3/c14-13(15,16)12(21)22-8-4-6-19(9(7-8)11(17)20)10-3-1-2-5-18-10/h1-3,5,8-9H,4,6-7H2,(H2,17,20). The molecular formula is C13H14F3N3O3. The molecule has 0 spiro atoms. The van der Waals surface area contributed by atoms with Gasteiger partial charge in [0, 0.05) is 25.6 Å². The van der Waals surface area contributed by atoms with Crippen LogP contribution in [0.5, 0.6) is 0 Å². The first-order valence-corrected chi connectivity index (χ1v) is 6.54. The Morgan fingerprint density at radius 2 is 2.09 bits per heavy atom. The number of nitrogens with zero attached hydrogens (tertiary/aromatic N) is 2. The van der Waals surface area contributed by atoms with Gasteiger partial charge in [-0.1, -0.05) is 6.07 Å². The van der Waals surface area contributed by atoms with E-state index in [0.29, 0.717) is 5.82 Å². The number of hydrogen-bond acceptors (Lipinski definition) is 5. The number of carbonyl (C=O) groups excluding carboxylic acids is 2. The number of anilines is 1. The van der Waals surface area contributed by atoms with Crippen LogP contribution >= 0.6 is 0 Å². The van der Waals surface area contributed by atoms with Gasteiger partial charge in [0.05, 0.1) is 0 Å². The Morgan fingerprint density at radius 3 is 2.64 bits per heavy atom. The summed E-state index contributed by atoms with van der Waals surface area (Å²) in [6.07, 6.45) is -4.48. The van der Waals surface area contributed by atoms with Gasteiger partial charge in [0.15, 0.2) is 0 Å². The molecular weight excluding hydrogens is 303 g/mol. The predicted molar refractivity (Wildman–Crippen MR) is 69.7 cm³/mol. The number of aromatic nitrogens is 1. The molecule has 1 amide bonds. The van der Waals surface area contributed by atoms with Gasteiger partial charge in [0.25, 0.3) is 0 Å². The first kappa shape index (κ1) is 16.1. The van der Waals surface area contributed by atoms with Crippen molar-refractivity contribution >= 4 is 17.7 Å². The van der Waals surface area contributed by atoms with E-state index in [4.69, 9.17) is 5.73 Å². The Bertz CT molecular complexity index is 550. The second kappa shape index (κ2) is 6.20. The fraction of sp³-hybridized carbons (Fsp3) is 0.462. The van der Waals surface area contributed by atoms with E-state index in [1.54, 1.807) is 23.1 Å². The molecule has 2 unspecified atom stereocenters. The molecule has 6 nitrogen and oxygen atoms in total. The minimum absolute atomic E-state index is 0.103. The molecule has 0 bridgehead atoms. The molecule has 120 valence electrons. The lowest BCUT2D eigenvalue weighted by atomic mass is 9.98. The minimum atomic E-state index is -5.06. The van der Waals surface area contributed by atoms with Gasteiger partial charge in [-0.15, -0.1) is 0 Å². The summed E-state index contributed by atoms with van der Waals surface area (Å²) in [5.41, 5.74) is 5.30. The summed E-state index contributed by atoms with van der Waals surface area (Å²) in [7, 11) is 0. The quantitative estimate of drug-likeness (QED) is 0.841. The van der Waals surface area contributed by atoms with E-state index >= 15 is 0 Å². The van der Waals surface area contributed by atoms with Crippen LogP contribution in [0, 0.1) is 0 Å². The van der Waals surface area contributed by atoms with Gasteiger partial charge in [0.2, 0.25) is 5.91 Å². The summed E-state index contributed by atoms with van der Waals surface area (Å²) in [6, 6.07) is 4.20. The maximum Gasteiger partial charge on any atom is 0.490 e. The van der Waals surface area contributed by atoms with Crippen LogP contribution < -0.4 is 10.6 Å². The predicted octanol–water partition coefficient (Wildman–Crippen LogP) is 1.01. The largest absolute Gasteiger partial charge is 0.490 e. The SMILES string of the molecule is NC(=O)C1CC(OC(=O)C(F)(F)F)CCN1c1ccccn1. The molecule has 22 heavy (non-hydrogen) atoms. The van der Waals surface area contributed by atoms with Gasteiger partial charge in [0.1, 0.15) is 18.0 Å². The third kappa shape index (κ3) is 3.66. The van der Waals surface area contributed by atoms with E-state index in [1.165, 1.54) is 6.20 Å². The van der Waals surface area contributed by atoms with Crippen molar-refractivity contribution in [3.05, 3.63) is 24.4 Å². The topological polar surface area (TPSA) is 85.5 Å². The summed E-state index contributed by atoms with van der Waals surface area (Å²) in [4.78, 5) is 28.1. The lowest BCUT2D eigenvalue weighted by Crippen LogP contribution is -2.52. The zero-order chi connectivity index (χ0) is 16.3. The van der Waals surface area contributed by atoms with Gasteiger partial charge < -0.3 is 15.4 Å². The van der Waals surface area contributed by atoms with Crippen molar-refractivity contribution in [2.75, 3.05) is 11.4 Å². The van der Waals surface area contributed by atoms with Crippen molar-refractivity contribution in [3.63, 3.8) is 0 Å². The first-order chi connectivity index (χ1) is 10.3. The number of esters is 1. The molecule has 2 N–H and O–H groups in total. The fourth-order valence-electron chi connectivity index (χ4n) is 2.33. The van der Waals surface area contributed by atoms with Crippen LogP contribution in [0.25, 0.3) is 0 Å². The van der Waals surface area contributed by atoms with Gasteiger partial charge >= 0.3 is 12.1 Å². The number of hydrogen-bond donors (Lipinski definition) is 1. The molecule has 2 rings (SSSR count). The van der Waals surface area contributed by atoms with Crippen molar-refractivity contribution < 1.29 is 27.5 Å². The number of piperidine rings is 1. The maximum atomic E-state index is 12.2. The van der Waals surface area contributed by atoms with Crippen LogP contribution in [0.3, 0.4) is 0 Å². The molecule has 1 saturated heterocycles. The summed E-state index contributed by atoms with van der Waals surface area (Å²) < 4.78 is 41.0. The lowest BCUT2D eigenvalue weighted by Gasteiger charge is -2.38. The summed E-state index contributed by atoms with van der Waals surface area (Å²) in [5, 5.41) is 0. The lowest BCUT2D eigenvalue weighted by molar-refractivity contribution is -0.206. The number of primary amides is 1. The van der Waals surface area contributed by atoms with Crippen LogP contribution in [-0.4, -0.2) is 41.7 Å². The Hall–Kier alpha value is -2.32. The van der Waals surface area contributed by atoms with Gasteiger partial charge in [-0.3, -0.25) is 4.79 Å². The minimum Gasteiger partial charge on any atom is -0.456 e. The van der Waals surface area contributed by atoms with E-state index in [-0.39, 0.29) is 19.4 Å². The smallest absolute Gasteiger partial charge is 0.456 e. The summed E-state index contributed by atoms with van der Waals surface area (Å²) in [5.74, 6) is -2.47. The number of rotatable bonds is 3. The van der Waals surface area contributed by atoms with Crippen LogP contribution in [0.15, 0.2) is 24.4 Å². The molecule has 0 aliphatic carbocycles. The Kier molecular flexibility index (Phi) is 4.53. The third-order valence-electron chi connectivity index (χ3n) is 3.33. The van der Waals surface area contributed by atoms with Gasteiger partial charge in [-0.2, -0.15) is 13.2 Å². The fourth-order valence-corrected chi connectivity index (χ4v) is 2.33. The summed E-state index contributed by atoms with van der Waals surface area (Å²) >= 11 is 0. The molecule has 1 aliphatic rings. The first-order valence-electron chi connectivity index (χ1n) is 6.54. The number of alkyl halides is 3. The average molecular weight is 317 g/mol. The zero-order valence-electron chi connectivity index (χ0n) is 11.4. The van der Waals surface area contributed by atoms with Crippen molar-refractivity contribution in [2.24, 2.45) is 5.73 Å². The van der Waals surface area contributed by atoms with E-state index in [1.807, 2.05) is 0 Å². The second-order valence-corrected chi connectivity index (χ2v) is 4.85. The van der Waals surface area contributed by atoms with Gasteiger partial charge in [-0.25, -0.2) is 9.78 Å². The molecule has 2 heterocycles. The number of ether oxygens (including phenoxy) is 1. The monoisotopic (exact) mass is 317 g/mol. The van der Waals surface area contributed by atoms with Crippen LogP contribution in [0.4, 0.5) is 19.0 Å². The zero-order valence-corrected chi connectivity index (χ0v) is 11.4. The van der Waals surface area contributed by atoms with E-state index in [0.717, 1.165) is 0 Å². The van der Waals surface area contributed by atoms with E-state index in [9.17, 15) is 22.8 Å². The van der Waals surface area contributed by atoms with Gasteiger partial charge in [-0.05, 0) is 12.1 Å². The highest BCUT2D eigenvalue weighted by Gasteiger charge is 2.44. The Morgan fingerprint density at radius 1 is 1.36 bits per heavy atom. The van der Waals surface area contributed by atoms with Crippen molar-refractivity contribution in [1.29, 1.82) is 0 Å². The normalized spacial score (nSPS) is 22.2. The molecule has 1 aliphatic heterocycles. The van der Waals surface area contributed by atoms with Crippen LogP contribution in [0.2, 0.25) is 0 Å². The maximum absolute atomic E-state index is 12.2. The highest BCUT2D eigenvalue weighted by atomic mass is 19.4. The van der Waals surface area contributed by atoms with Crippen molar-refractivity contribution in [2.45, 2.75) is 31.2 Å². The Balaban J connectivity index is 2.09. The second-order valence-electron chi connectivity index (χ2n) is 4.85. The number of carbonyl (C=O) groups is 2. The van der Waals surface area contributed by atoms with E-state index in [2.05, 4.69) is 9.72 Å². The number of pyridine rings is 1. The number of amides is 1. The van der Waals surface area contributed by atoms with Crippen molar-refractivity contribution in [3.8, 4) is 0 Å². The molecule has 2 atom stereocenters. The molecule has 1 aromatic rings. The average Bonchev–Trinajstić information content (AvgIpc) is 2.47. The number of halogens is 3. The highest BCUT2D eigenvalue weighted by molar-refractivity contribution is 5.83. The molecule has 0 radical (unpaired) electrons. The Labute approximate surface area is 124 Å². The molecule has 1 aromatic heterocycles. The molecule has 1 fully saturated rings.